The van der Waals surface area contributed by atoms with Crippen molar-refractivity contribution in [2.75, 3.05) is 7.11 Å². The lowest BCUT2D eigenvalue weighted by Gasteiger charge is -2.12. The Bertz CT molecular complexity index is 1020. The summed E-state index contributed by atoms with van der Waals surface area (Å²) in [7, 11) is 3.85. The summed E-state index contributed by atoms with van der Waals surface area (Å²) in [6.07, 6.45) is 0. The largest absolute Gasteiger partial charge is 0.496 e. The summed E-state index contributed by atoms with van der Waals surface area (Å²) in [4.78, 5) is 2.49. The fourth-order valence-electron chi connectivity index (χ4n) is 3.21. The quantitative estimate of drug-likeness (QED) is 0.450. The third-order valence-corrected chi connectivity index (χ3v) is 5.51. The van der Waals surface area contributed by atoms with E-state index in [9.17, 15) is 0 Å². The molecule has 4 rings (SSSR count). The van der Waals surface area contributed by atoms with Gasteiger partial charge >= 0.3 is 0 Å². The molecule has 4 aromatic rings. The zero-order chi connectivity index (χ0) is 17.2. The lowest BCUT2D eigenvalue weighted by molar-refractivity contribution is 0.416. The maximum Gasteiger partial charge on any atom is 0.128 e. The van der Waals surface area contributed by atoms with Gasteiger partial charge in [0.1, 0.15) is 5.75 Å². The molecule has 0 radical (unpaired) electrons. The Morgan fingerprint density at radius 2 is 1.48 bits per heavy atom. The number of hydrogen-bond donors (Lipinski definition) is 0. The molecule has 0 unspecified atom stereocenters. The number of rotatable bonds is 4. The number of aromatic nitrogens is 1. The third kappa shape index (κ3) is 2.81. The molecule has 3 aromatic carbocycles. The van der Waals surface area contributed by atoms with Crippen molar-refractivity contribution < 1.29 is 4.74 Å². The van der Waals surface area contributed by atoms with E-state index in [1.165, 1.54) is 26.4 Å². The number of ether oxygens (including phenoxy) is 1. The molecular formula is C22H19NOS. The van der Waals surface area contributed by atoms with Crippen molar-refractivity contribution in [3.8, 4) is 17.0 Å². The van der Waals surface area contributed by atoms with Crippen LogP contribution in [0.15, 0.2) is 88.7 Å². The van der Waals surface area contributed by atoms with Crippen LogP contribution in [0, 0.1) is 0 Å². The van der Waals surface area contributed by atoms with Crippen LogP contribution in [0.2, 0.25) is 0 Å². The third-order valence-electron chi connectivity index (χ3n) is 4.39. The number of nitrogens with zero attached hydrogens (tertiary/aromatic N) is 1. The summed E-state index contributed by atoms with van der Waals surface area (Å²) >= 11 is 1.80. The van der Waals surface area contributed by atoms with E-state index in [2.05, 4.69) is 72.3 Å². The van der Waals surface area contributed by atoms with Crippen LogP contribution in [0.25, 0.3) is 22.2 Å². The van der Waals surface area contributed by atoms with Crippen LogP contribution in [0.3, 0.4) is 0 Å². The molecule has 0 aliphatic heterocycles. The van der Waals surface area contributed by atoms with E-state index in [1.807, 2.05) is 18.2 Å². The highest BCUT2D eigenvalue weighted by Gasteiger charge is 2.19. The minimum Gasteiger partial charge on any atom is -0.496 e. The van der Waals surface area contributed by atoms with E-state index in [0.717, 1.165) is 11.3 Å². The van der Waals surface area contributed by atoms with Gasteiger partial charge in [-0.25, -0.2) is 0 Å². The monoisotopic (exact) mass is 345 g/mol. The predicted octanol–water partition coefficient (Wildman–Crippen LogP) is 6.01. The Morgan fingerprint density at radius 3 is 2.28 bits per heavy atom. The molecule has 0 atom stereocenters. The van der Waals surface area contributed by atoms with E-state index in [-0.39, 0.29) is 0 Å². The van der Waals surface area contributed by atoms with Gasteiger partial charge in [-0.3, -0.25) is 0 Å². The number of aryl methyl sites for hydroxylation is 1. The molecule has 0 aliphatic rings. The van der Waals surface area contributed by atoms with Gasteiger partial charge in [-0.1, -0.05) is 60.3 Å². The van der Waals surface area contributed by atoms with Crippen molar-refractivity contribution in [2.24, 2.45) is 7.05 Å². The molecule has 124 valence electrons. The summed E-state index contributed by atoms with van der Waals surface area (Å²) in [6, 6.07) is 27.3. The van der Waals surface area contributed by atoms with Crippen LogP contribution in [-0.2, 0) is 7.05 Å². The topological polar surface area (TPSA) is 14.2 Å². The molecule has 0 saturated heterocycles. The van der Waals surface area contributed by atoms with Gasteiger partial charge in [0.2, 0.25) is 0 Å². The van der Waals surface area contributed by atoms with Crippen LogP contribution in [-0.4, -0.2) is 11.7 Å². The maximum absolute atomic E-state index is 5.63. The Kier molecular flexibility index (Phi) is 4.24. The highest BCUT2D eigenvalue weighted by molar-refractivity contribution is 7.99. The molecule has 0 saturated carbocycles. The number of fused-ring (bicyclic) bond motifs is 1. The summed E-state index contributed by atoms with van der Waals surface area (Å²) in [5, 5.41) is 1.26. The van der Waals surface area contributed by atoms with Crippen molar-refractivity contribution in [3.05, 3.63) is 78.9 Å². The number of benzene rings is 3. The van der Waals surface area contributed by atoms with E-state index in [4.69, 9.17) is 4.74 Å². The number of para-hydroxylation sites is 2. The molecule has 0 aliphatic carbocycles. The van der Waals surface area contributed by atoms with Crippen LogP contribution < -0.4 is 4.74 Å². The molecule has 1 aromatic heterocycles. The normalized spacial score (nSPS) is 11.0. The maximum atomic E-state index is 5.63. The van der Waals surface area contributed by atoms with Crippen LogP contribution in [0.4, 0.5) is 0 Å². The SMILES string of the molecule is COc1ccccc1-c1c(Sc2ccccc2)c2ccccc2n1C. The van der Waals surface area contributed by atoms with Gasteiger partial charge in [0, 0.05) is 33.3 Å². The molecule has 0 fully saturated rings. The predicted molar refractivity (Wildman–Crippen MR) is 105 cm³/mol. The lowest BCUT2D eigenvalue weighted by atomic mass is 10.1. The van der Waals surface area contributed by atoms with E-state index in [1.54, 1.807) is 18.9 Å². The Hall–Kier alpha value is -2.65. The summed E-state index contributed by atoms with van der Waals surface area (Å²) < 4.78 is 7.90. The smallest absolute Gasteiger partial charge is 0.128 e. The molecule has 1 heterocycles. The van der Waals surface area contributed by atoms with Crippen molar-refractivity contribution >= 4 is 22.7 Å². The fourth-order valence-corrected chi connectivity index (χ4v) is 4.37. The molecule has 3 heteroatoms. The number of hydrogen-bond acceptors (Lipinski definition) is 2. The Balaban J connectivity index is 2.00. The molecule has 0 N–H and O–H groups in total. The molecule has 0 spiro atoms. The van der Waals surface area contributed by atoms with Gasteiger partial charge in [-0.2, -0.15) is 0 Å². The molecule has 0 bridgehead atoms. The van der Waals surface area contributed by atoms with Gasteiger partial charge < -0.3 is 9.30 Å². The van der Waals surface area contributed by atoms with Crippen LogP contribution in [0.1, 0.15) is 0 Å². The van der Waals surface area contributed by atoms with E-state index < -0.39 is 0 Å². The van der Waals surface area contributed by atoms with E-state index in [0.29, 0.717) is 0 Å². The fraction of sp³-hybridized carbons (Fsp3) is 0.0909. The average molecular weight is 345 g/mol. The molecule has 0 amide bonds. The van der Waals surface area contributed by atoms with Crippen molar-refractivity contribution in [3.63, 3.8) is 0 Å². The van der Waals surface area contributed by atoms with Crippen LogP contribution in [0.5, 0.6) is 5.75 Å². The first-order valence-electron chi connectivity index (χ1n) is 8.23. The van der Waals surface area contributed by atoms with Crippen molar-refractivity contribution in [1.29, 1.82) is 0 Å². The highest BCUT2D eigenvalue weighted by Crippen LogP contribution is 2.45. The first-order chi connectivity index (χ1) is 12.3. The minimum atomic E-state index is 0.892. The average Bonchev–Trinajstić information content (AvgIpc) is 2.95. The zero-order valence-corrected chi connectivity index (χ0v) is 15.1. The molecular weight excluding hydrogens is 326 g/mol. The summed E-state index contributed by atoms with van der Waals surface area (Å²) in [5.41, 5.74) is 3.52. The Morgan fingerprint density at radius 1 is 0.800 bits per heavy atom. The first kappa shape index (κ1) is 15.9. The van der Waals surface area contributed by atoms with E-state index >= 15 is 0 Å². The molecule has 2 nitrogen and oxygen atoms in total. The standard InChI is InChI=1S/C22H19NOS/c1-23-19-14-8-6-12-17(19)22(25-16-10-4-3-5-11-16)21(23)18-13-7-9-15-20(18)24-2/h3-15H,1-2H3. The van der Waals surface area contributed by atoms with Gasteiger partial charge in [-0.15, -0.1) is 0 Å². The van der Waals surface area contributed by atoms with Crippen molar-refractivity contribution in [2.45, 2.75) is 9.79 Å². The minimum absolute atomic E-state index is 0.892. The molecule has 25 heavy (non-hydrogen) atoms. The van der Waals surface area contributed by atoms with Gasteiger partial charge in [0.05, 0.1) is 12.8 Å². The highest BCUT2D eigenvalue weighted by atomic mass is 32.2. The second-order valence-corrected chi connectivity index (χ2v) is 6.95. The van der Waals surface area contributed by atoms with Crippen molar-refractivity contribution in [1.82, 2.24) is 4.57 Å². The van der Waals surface area contributed by atoms with Gasteiger partial charge in [0.25, 0.3) is 0 Å². The lowest BCUT2D eigenvalue weighted by Crippen LogP contribution is -1.95. The summed E-state index contributed by atoms with van der Waals surface area (Å²) in [5.74, 6) is 0.892. The first-order valence-corrected chi connectivity index (χ1v) is 9.05. The van der Waals surface area contributed by atoms with Gasteiger partial charge in [-0.05, 0) is 30.3 Å². The second kappa shape index (κ2) is 6.69. The number of methoxy groups -OCH3 is 1. The summed E-state index contributed by atoms with van der Waals surface area (Å²) in [6.45, 7) is 0. The second-order valence-electron chi connectivity index (χ2n) is 5.87. The zero-order valence-electron chi connectivity index (χ0n) is 14.3. The Labute approximate surface area is 152 Å². The van der Waals surface area contributed by atoms with Gasteiger partial charge in [0.15, 0.2) is 0 Å². The van der Waals surface area contributed by atoms with Crippen LogP contribution >= 0.6 is 11.8 Å².